The van der Waals surface area contributed by atoms with Crippen molar-refractivity contribution in [2.45, 2.75) is 38.5 Å². The first-order valence-corrected chi connectivity index (χ1v) is 15.2. The van der Waals surface area contributed by atoms with Crippen LogP contribution in [0.15, 0.2) is 33.0 Å². The highest BCUT2D eigenvalue weighted by Gasteiger charge is 2.30. The number of aromatic nitrogens is 3. The number of hydrogen-bond donors (Lipinski definition) is 3. The van der Waals surface area contributed by atoms with Gasteiger partial charge in [-0.25, -0.2) is 12.9 Å². The van der Waals surface area contributed by atoms with Crippen LogP contribution in [-0.4, -0.2) is 108 Å². The molecule has 0 atom stereocenters. The number of benzene rings is 1. The molecule has 4 rings (SSSR count). The Labute approximate surface area is 239 Å². The highest BCUT2D eigenvalue weighted by Crippen LogP contribution is 2.32. The van der Waals surface area contributed by atoms with Crippen LogP contribution in [-0.2, 0) is 21.3 Å². The Hall–Kier alpha value is -3.30. The van der Waals surface area contributed by atoms with Crippen molar-refractivity contribution >= 4 is 21.8 Å². The molecule has 0 spiro atoms. The van der Waals surface area contributed by atoms with Crippen molar-refractivity contribution in [2.75, 3.05) is 59.2 Å². The first-order chi connectivity index (χ1) is 19.8. The Bertz CT molecular complexity index is 1540. The summed E-state index contributed by atoms with van der Waals surface area (Å²) in [4.78, 5) is 23.4. The number of rotatable bonds is 13. The van der Waals surface area contributed by atoms with Crippen LogP contribution >= 0.6 is 0 Å². The standard InChI is InChI=1S/C27H38N6O7S/c1-4-6-23-22(18-28-40-16-15-35)19(3)25-27(36)29-26(30-33(23)25)21-17-20(7-8-24(21)39-5-2)41(37,38)32-11-9-31(10-12-32)13-14-34/h7-8,17-18,34-35H,4-6,9-16H2,1-3H3,(H,29,30,36)/b28-18+. The van der Waals surface area contributed by atoms with E-state index < -0.39 is 15.6 Å². The van der Waals surface area contributed by atoms with Gasteiger partial charge in [-0.2, -0.15) is 4.31 Å². The van der Waals surface area contributed by atoms with Crippen molar-refractivity contribution in [1.29, 1.82) is 0 Å². The lowest BCUT2D eigenvalue weighted by molar-refractivity contribution is 0.0997. The third-order valence-corrected chi connectivity index (χ3v) is 8.90. The second-order valence-corrected chi connectivity index (χ2v) is 11.6. The van der Waals surface area contributed by atoms with Crippen molar-refractivity contribution in [3.63, 3.8) is 0 Å². The van der Waals surface area contributed by atoms with Crippen LogP contribution < -0.4 is 10.3 Å². The van der Waals surface area contributed by atoms with Crippen molar-refractivity contribution < 1.29 is 28.2 Å². The summed E-state index contributed by atoms with van der Waals surface area (Å²) in [6, 6.07) is 4.58. The minimum Gasteiger partial charge on any atom is -0.493 e. The molecule has 0 bridgehead atoms. The molecule has 224 valence electrons. The number of ether oxygens (including phenoxy) is 1. The molecule has 13 nitrogen and oxygen atoms in total. The Balaban J connectivity index is 1.81. The number of H-pyrrole nitrogens is 1. The Kier molecular flexibility index (Phi) is 10.1. The molecule has 41 heavy (non-hydrogen) atoms. The number of sulfonamides is 1. The van der Waals surface area contributed by atoms with Gasteiger partial charge in [-0.05, 0) is 44.0 Å². The highest BCUT2D eigenvalue weighted by molar-refractivity contribution is 7.89. The molecule has 1 aliphatic rings. The summed E-state index contributed by atoms with van der Waals surface area (Å²) in [5.41, 5.74) is 2.43. The Morgan fingerprint density at radius 1 is 1.15 bits per heavy atom. The number of aryl methyl sites for hydroxylation is 2. The number of oxime groups is 1. The zero-order valence-electron chi connectivity index (χ0n) is 23.7. The number of aromatic amines is 1. The summed E-state index contributed by atoms with van der Waals surface area (Å²) in [5.74, 6) is 0.560. The van der Waals surface area contributed by atoms with Gasteiger partial charge in [0, 0.05) is 38.3 Å². The van der Waals surface area contributed by atoms with Gasteiger partial charge in [-0.1, -0.05) is 18.5 Å². The number of hydrogen-bond acceptors (Lipinski definition) is 10. The van der Waals surface area contributed by atoms with Gasteiger partial charge in [0.25, 0.3) is 5.56 Å². The molecule has 0 unspecified atom stereocenters. The van der Waals surface area contributed by atoms with E-state index in [2.05, 4.69) is 10.1 Å². The smallest absolute Gasteiger partial charge is 0.275 e. The maximum atomic E-state index is 13.6. The maximum absolute atomic E-state index is 13.6. The van der Waals surface area contributed by atoms with Crippen LogP contribution in [0.4, 0.5) is 0 Å². The van der Waals surface area contributed by atoms with E-state index in [1.54, 1.807) is 17.5 Å². The second-order valence-electron chi connectivity index (χ2n) is 9.65. The van der Waals surface area contributed by atoms with E-state index in [9.17, 15) is 18.3 Å². The van der Waals surface area contributed by atoms with E-state index in [-0.39, 0.29) is 30.5 Å². The van der Waals surface area contributed by atoms with Gasteiger partial charge in [0.05, 0.1) is 42.2 Å². The van der Waals surface area contributed by atoms with Crippen LogP contribution in [0.25, 0.3) is 16.9 Å². The fraction of sp³-hybridized carbons (Fsp3) is 0.519. The van der Waals surface area contributed by atoms with Crippen molar-refractivity contribution in [1.82, 2.24) is 23.8 Å². The van der Waals surface area contributed by atoms with Gasteiger partial charge >= 0.3 is 0 Å². The third-order valence-electron chi connectivity index (χ3n) is 7.00. The van der Waals surface area contributed by atoms with Crippen LogP contribution in [0.2, 0.25) is 0 Å². The van der Waals surface area contributed by atoms with Gasteiger partial charge in [-0.3, -0.25) is 9.69 Å². The molecular formula is C27H38N6O7S. The molecule has 1 fully saturated rings. The topological polar surface area (TPSA) is 162 Å². The molecule has 0 aliphatic carbocycles. The summed E-state index contributed by atoms with van der Waals surface area (Å²) in [6.07, 6.45) is 2.89. The maximum Gasteiger partial charge on any atom is 0.275 e. The predicted octanol–water partition coefficient (Wildman–Crippen LogP) is 0.991. The van der Waals surface area contributed by atoms with E-state index >= 15 is 0 Å². The molecule has 1 saturated heterocycles. The fourth-order valence-electron chi connectivity index (χ4n) is 4.99. The molecule has 0 radical (unpaired) electrons. The van der Waals surface area contributed by atoms with E-state index in [1.807, 2.05) is 18.7 Å². The molecule has 0 saturated carbocycles. The Morgan fingerprint density at radius 3 is 2.56 bits per heavy atom. The number of aliphatic hydroxyl groups excluding tert-OH is 2. The number of nitrogens with one attached hydrogen (secondary N) is 1. The summed E-state index contributed by atoms with van der Waals surface area (Å²) in [6.45, 7) is 8.04. The van der Waals surface area contributed by atoms with Crippen LogP contribution in [0.5, 0.6) is 5.75 Å². The predicted molar refractivity (Wildman–Crippen MR) is 154 cm³/mol. The molecule has 1 aromatic carbocycles. The summed E-state index contributed by atoms with van der Waals surface area (Å²) >= 11 is 0. The second kappa shape index (κ2) is 13.6. The van der Waals surface area contributed by atoms with Crippen LogP contribution in [0.3, 0.4) is 0 Å². The monoisotopic (exact) mass is 590 g/mol. The summed E-state index contributed by atoms with van der Waals surface area (Å²) in [5, 5.41) is 26.9. The molecule has 3 N–H and O–H groups in total. The molecular weight excluding hydrogens is 552 g/mol. The van der Waals surface area contributed by atoms with Gasteiger partial charge in [-0.15, -0.1) is 5.10 Å². The lowest BCUT2D eigenvalue weighted by Gasteiger charge is -2.33. The first kappa shape index (κ1) is 30.7. The average molecular weight is 591 g/mol. The molecule has 3 aromatic rings. The number of aliphatic hydroxyl groups is 2. The quantitative estimate of drug-likeness (QED) is 0.150. The number of fused-ring (bicyclic) bond motifs is 1. The lowest BCUT2D eigenvalue weighted by atomic mass is 10.1. The van der Waals surface area contributed by atoms with Gasteiger partial charge in [0.1, 0.15) is 17.9 Å². The van der Waals surface area contributed by atoms with Gasteiger partial charge in [0.2, 0.25) is 10.0 Å². The highest BCUT2D eigenvalue weighted by atomic mass is 32.2. The normalized spacial score (nSPS) is 15.2. The minimum absolute atomic E-state index is 0.0250. The summed E-state index contributed by atoms with van der Waals surface area (Å²) in [7, 11) is -3.84. The molecule has 0 amide bonds. The molecule has 2 aromatic heterocycles. The Morgan fingerprint density at radius 2 is 1.90 bits per heavy atom. The van der Waals surface area contributed by atoms with Crippen molar-refractivity contribution in [3.8, 4) is 17.1 Å². The zero-order chi connectivity index (χ0) is 29.6. The third kappa shape index (κ3) is 6.46. The van der Waals surface area contributed by atoms with Crippen molar-refractivity contribution in [3.05, 3.63) is 45.4 Å². The van der Waals surface area contributed by atoms with E-state index in [0.717, 1.165) is 12.1 Å². The number of piperazine rings is 1. The first-order valence-electron chi connectivity index (χ1n) is 13.8. The lowest BCUT2D eigenvalue weighted by Crippen LogP contribution is -2.49. The number of β-amino-alcohol motifs (C(OH)–C–C–N with tert-alkyl or cyclic N) is 1. The van der Waals surface area contributed by atoms with E-state index in [0.29, 0.717) is 73.7 Å². The van der Waals surface area contributed by atoms with E-state index in [1.165, 1.54) is 22.7 Å². The van der Waals surface area contributed by atoms with Crippen molar-refractivity contribution in [2.24, 2.45) is 5.16 Å². The summed E-state index contributed by atoms with van der Waals surface area (Å²) < 4.78 is 36.0. The van der Waals surface area contributed by atoms with Gasteiger partial charge in [0.15, 0.2) is 5.82 Å². The van der Waals surface area contributed by atoms with Crippen LogP contribution in [0.1, 0.15) is 37.1 Å². The average Bonchev–Trinajstić information content (AvgIpc) is 3.22. The number of nitrogens with zero attached hydrogens (tertiary/aromatic N) is 5. The molecule has 3 heterocycles. The minimum atomic E-state index is -3.84. The molecule has 14 heteroatoms. The largest absolute Gasteiger partial charge is 0.493 e. The van der Waals surface area contributed by atoms with E-state index in [4.69, 9.17) is 19.8 Å². The molecule has 1 aliphatic heterocycles. The fourth-order valence-corrected chi connectivity index (χ4v) is 6.44. The van der Waals surface area contributed by atoms with Crippen LogP contribution in [0, 0.1) is 6.92 Å². The SMILES string of the molecule is CCCc1c(/C=N/OCCO)c(C)c2c(=O)[nH]c(-c3cc(S(=O)(=O)N4CCN(CCO)CC4)ccc3OCC)nn12. The van der Waals surface area contributed by atoms with Gasteiger partial charge < -0.3 is 24.8 Å². The zero-order valence-corrected chi connectivity index (χ0v) is 24.5.